The molecule has 1 aliphatic rings. The molecule has 0 unspecified atom stereocenters. The lowest BCUT2D eigenvalue weighted by molar-refractivity contribution is 0.100. The zero-order chi connectivity index (χ0) is 15.0. The standard InChI is InChI=1S/C16H16ClN3O/c17-12-4-2-6-14(15(12)16(19)21)20-8-7-11-10(9-20)3-1-5-13(11)18/h1-6H,7-9,18H2,(H2,19,21). The summed E-state index contributed by atoms with van der Waals surface area (Å²) in [7, 11) is 0. The highest BCUT2D eigenvalue weighted by molar-refractivity contribution is 6.34. The van der Waals surface area contributed by atoms with Crippen LogP contribution in [0.1, 0.15) is 21.5 Å². The molecule has 0 saturated heterocycles. The van der Waals surface area contributed by atoms with E-state index in [9.17, 15) is 4.79 Å². The van der Waals surface area contributed by atoms with Crippen molar-refractivity contribution in [3.05, 3.63) is 58.1 Å². The van der Waals surface area contributed by atoms with E-state index in [4.69, 9.17) is 23.1 Å². The number of nitrogens with two attached hydrogens (primary N) is 2. The van der Waals surface area contributed by atoms with Crippen molar-refractivity contribution in [1.82, 2.24) is 0 Å². The van der Waals surface area contributed by atoms with Crippen LogP contribution in [0.4, 0.5) is 11.4 Å². The Hall–Kier alpha value is -2.20. The number of carbonyl (C=O) groups excluding carboxylic acids is 1. The average Bonchev–Trinajstić information content (AvgIpc) is 2.46. The SMILES string of the molecule is NC(=O)c1c(Cl)cccc1N1CCc2c(N)cccc2C1. The van der Waals surface area contributed by atoms with Crippen LogP contribution >= 0.6 is 11.6 Å². The van der Waals surface area contributed by atoms with Crippen LogP contribution in [-0.4, -0.2) is 12.5 Å². The van der Waals surface area contributed by atoms with E-state index in [0.29, 0.717) is 17.1 Å². The normalized spacial score (nSPS) is 13.9. The Kier molecular flexibility index (Phi) is 3.47. The summed E-state index contributed by atoms with van der Waals surface area (Å²) < 4.78 is 0. The lowest BCUT2D eigenvalue weighted by Crippen LogP contribution is -2.32. The molecule has 4 N–H and O–H groups in total. The van der Waals surface area contributed by atoms with Gasteiger partial charge in [-0.25, -0.2) is 0 Å². The number of anilines is 2. The number of primary amides is 1. The van der Waals surface area contributed by atoms with Crippen molar-refractivity contribution in [3.8, 4) is 0 Å². The molecular formula is C16H16ClN3O. The summed E-state index contributed by atoms with van der Waals surface area (Å²) in [5.41, 5.74) is 15.8. The highest BCUT2D eigenvalue weighted by Gasteiger charge is 2.22. The van der Waals surface area contributed by atoms with Crippen LogP contribution in [0.5, 0.6) is 0 Å². The van der Waals surface area contributed by atoms with Gasteiger partial charge in [0.15, 0.2) is 0 Å². The van der Waals surface area contributed by atoms with Gasteiger partial charge in [0.25, 0.3) is 5.91 Å². The fourth-order valence-corrected chi connectivity index (χ4v) is 3.13. The molecule has 2 aromatic rings. The molecule has 0 spiro atoms. The van der Waals surface area contributed by atoms with Crippen molar-refractivity contribution in [2.45, 2.75) is 13.0 Å². The second-order valence-corrected chi connectivity index (χ2v) is 5.56. The van der Waals surface area contributed by atoms with Gasteiger partial charge in [-0.3, -0.25) is 4.79 Å². The van der Waals surface area contributed by atoms with E-state index in [1.165, 1.54) is 11.1 Å². The van der Waals surface area contributed by atoms with E-state index >= 15 is 0 Å². The van der Waals surface area contributed by atoms with Crippen molar-refractivity contribution in [1.29, 1.82) is 0 Å². The molecule has 21 heavy (non-hydrogen) atoms. The van der Waals surface area contributed by atoms with Gasteiger partial charge in [0.05, 0.1) is 16.3 Å². The fraction of sp³-hybridized carbons (Fsp3) is 0.188. The van der Waals surface area contributed by atoms with Crippen LogP contribution in [-0.2, 0) is 13.0 Å². The maximum atomic E-state index is 11.7. The van der Waals surface area contributed by atoms with E-state index in [0.717, 1.165) is 24.3 Å². The van der Waals surface area contributed by atoms with E-state index in [-0.39, 0.29) is 0 Å². The van der Waals surface area contributed by atoms with Crippen LogP contribution in [0.15, 0.2) is 36.4 Å². The Morgan fingerprint density at radius 1 is 1.19 bits per heavy atom. The number of hydrogen-bond acceptors (Lipinski definition) is 3. The van der Waals surface area contributed by atoms with Gasteiger partial charge < -0.3 is 16.4 Å². The Balaban J connectivity index is 2.01. The molecule has 1 aliphatic heterocycles. The Morgan fingerprint density at radius 3 is 2.71 bits per heavy atom. The molecule has 2 aromatic carbocycles. The first kappa shape index (κ1) is 13.8. The fourth-order valence-electron chi connectivity index (χ4n) is 2.86. The van der Waals surface area contributed by atoms with Crippen LogP contribution < -0.4 is 16.4 Å². The van der Waals surface area contributed by atoms with Crippen LogP contribution in [0, 0.1) is 0 Å². The zero-order valence-corrected chi connectivity index (χ0v) is 12.2. The van der Waals surface area contributed by atoms with Crippen LogP contribution in [0.2, 0.25) is 5.02 Å². The lowest BCUT2D eigenvalue weighted by atomic mass is 9.97. The van der Waals surface area contributed by atoms with Crippen molar-refractivity contribution in [2.75, 3.05) is 17.2 Å². The molecule has 4 nitrogen and oxygen atoms in total. The maximum absolute atomic E-state index is 11.7. The summed E-state index contributed by atoms with van der Waals surface area (Å²) in [6, 6.07) is 11.3. The number of rotatable bonds is 2. The molecule has 5 heteroatoms. The first-order valence-corrected chi connectivity index (χ1v) is 7.15. The number of nitrogen functional groups attached to an aromatic ring is 1. The Morgan fingerprint density at radius 2 is 1.95 bits per heavy atom. The number of nitrogens with zero attached hydrogens (tertiary/aromatic N) is 1. The largest absolute Gasteiger partial charge is 0.398 e. The molecule has 0 saturated carbocycles. The molecule has 3 rings (SSSR count). The van der Waals surface area contributed by atoms with E-state index < -0.39 is 5.91 Å². The Bertz CT molecular complexity index is 715. The van der Waals surface area contributed by atoms with Crippen molar-refractivity contribution in [2.24, 2.45) is 5.73 Å². The number of halogens is 1. The smallest absolute Gasteiger partial charge is 0.252 e. The molecule has 0 aliphatic carbocycles. The van der Waals surface area contributed by atoms with Crippen LogP contribution in [0.3, 0.4) is 0 Å². The zero-order valence-electron chi connectivity index (χ0n) is 11.5. The van der Waals surface area contributed by atoms with Crippen molar-refractivity contribution in [3.63, 3.8) is 0 Å². The van der Waals surface area contributed by atoms with E-state index in [2.05, 4.69) is 11.0 Å². The minimum absolute atomic E-state index is 0.381. The molecule has 0 atom stereocenters. The molecule has 1 amide bonds. The highest BCUT2D eigenvalue weighted by Crippen LogP contribution is 2.32. The Labute approximate surface area is 128 Å². The minimum Gasteiger partial charge on any atom is -0.398 e. The third kappa shape index (κ3) is 2.43. The van der Waals surface area contributed by atoms with Crippen molar-refractivity contribution >= 4 is 28.9 Å². The predicted octanol–water partition coefficient (Wildman–Crippen LogP) is 2.58. The number of carbonyl (C=O) groups is 1. The molecular weight excluding hydrogens is 286 g/mol. The van der Waals surface area contributed by atoms with Gasteiger partial charge in [-0.2, -0.15) is 0 Å². The molecule has 0 fully saturated rings. The van der Waals surface area contributed by atoms with Gasteiger partial charge >= 0.3 is 0 Å². The third-order valence-corrected chi connectivity index (χ3v) is 4.20. The lowest BCUT2D eigenvalue weighted by Gasteiger charge is -2.32. The maximum Gasteiger partial charge on any atom is 0.252 e. The summed E-state index contributed by atoms with van der Waals surface area (Å²) >= 11 is 6.12. The van der Waals surface area contributed by atoms with E-state index in [1.807, 2.05) is 24.3 Å². The third-order valence-electron chi connectivity index (χ3n) is 3.88. The number of fused-ring (bicyclic) bond motifs is 1. The van der Waals surface area contributed by atoms with Gasteiger partial charge in [-0.15, -0.1) is 0 Å². The number of amides is 1. The number of hydrogen-bond donors (Lipinski definition) is 2. The molecule has 0 bridgehead atoms. The second-order valence-electron chi connectivity index (χ2n) is 5.15. The monoisotopic (exact) mass is 301 g/mol. The van der Waals surface area contributed by atoms with Gasteiger partial charge in [-0.05, 0) is 35.7 Å². The minimum atomic E-state index is -0.506. The summed E-state index contributed by atoms with van der Waals surface area (Å²) in [4.78, 5) is 13.8. The average molecular weight is 302 g/mol. The summed E-state index contributed by atoms with van der Waals surface area (Å²) in [5.74, 6) is -0.506. The first-order valence-electron chi connectivity index (χ1n) is 6.77. The predicted molar refractivity (Wildman–Crippen MR) is 85.6 cm³/mol. The second kappa shape index (κ2) is 5.30. The number of benzene rings is 2. The van der Waals surface area contributed by atoms with E-state index in [1.54, 1.807) is 6.07 Å². The quantitative estimate of drug-likeness (QED) is 0.837. The van der Waals surface area contributed by atoms with Crippen molar-refractivity contribution < 1.29 is 4.79 Å². The van der Waals surface area contributed by atoms with Crippen LogP contribution in [0.25, 0.3) is 0 Å². The van der Waals surface area contributed by atoms with Gasteiger partial charge in [0.1, 0.15) is 0 Å². The summed E-state index contributed by atoms with van der Waals surface area (Å²) in [5, 5.41) is 0.387. The van der Waals surface area contributed by atoms with Gasteiger partial charge in [0, 0.05) is 18.8 Å². The molecule has 1 heterocycles. The van der Waals surface area contributed by atoms with Gasteiger partial charge in [-0.1, -0.05) is 29.8 Å². The first-order chi connectivity index (χ1) is 10.1. The molecule has 0 aromatic heterocycles. The molecule has 0 radical (unpaired) electrons. The summed E-state index contributed by atoms with van der Waals surface area (Å²) in [6.45, 7) is 1.48. The summed E-state index contributed by atoms with van der Waals surface area (Å²) in [6.07, 6.45) is 0.840. The van der Waals surface area contributed by atoms with Gasteiger partial charge in [0.2, 0.25) is 0 Å². The highest BCUT2D eigenvalue weighted by atomic mass is 35.5. The topological polar surface area (TPSA) is 72.4 Å². The molecule has 108 valence electrons.